The van der Waals surface area contributed by atoms with Crippen molar-refractivity contribution in [3.05, 3.63) is 29.8 Å². The van der Waals surface area contributed by atoms with E-state index in [1.807, 2.05) is 0 Å². The highest BCUT2D eigenvalue weighted by atomic mass is 19.4. The topological polar surface area (TPSA) is 69.6 Å². The van der Waals surface area contributed by atoms with E-state index in [1.54, 1.807) is 0 Å². The van der Waals surface area contributed by atoms with Crippen molar-refractivity contribution in [2.75, 3.05) is 18.4 Å². The molecule has 11 heteroatoms. The van der Waals surface area contributed by atoms with Gasteiger partial charge in [0, 0.05) is 13.1 Å². The fourth-order valence-corrected chi connectivity index (χ4v) is 2.97. The van der Waals surface area contributed by atoms with Gasteiger partial charge in [0.1, 0.15) is 0 Å². The summed E-state index contributed by atoms with van der Waals surface area (Å²) in [6.07, 6.45) is -9.49. The van der Waals surface area contributed by atoms with Crippen LogP contribution in [0.1, 0.15) is 12.5 Å². The Balaban J connectivity index is 2.16. The summed E-state index contributed by atoms with van der Waals surface area (Å²) in [5.41, 5.74) is -1.62. The summed E-state index contributed by atoms with van der Waals surface area (Å²) in [5, 5.41) is 11.1. The molecule has 1 amide bonds. The third-order valence-corrected chi connectivity index (χ3v) is 4.50. The average Bonchev–Trinajstić information content (AvgIpc) is 2.99. The third-order valence-electron chi connectivity index (χ3n) is 4.50. The number of carboxylic acids is 1. The summed E-state index contributed by atoms with van der Waals surface area (Å²) in [5.74, 6) is -6.51. The van der Waals surface area contributed by atoms with Crippen LogP contribution >= 0.6 is 0 Å². The second kappa shape index (κ2) is 7.37. The first-order valence-corrected chi connectivity index (χ1v) is 7.83. The van der Waals surface area contributed by atoms with Crippen LogP contribution in [0.5, 0.6) is 0 Å². The first-order chi connectivity index (χ1) is 12.3. The molecule has 5 nitrogen and oxygen atoms in total. The third kappa shape index (κ3) is 4.71. The van der Waals surface area contributed by atoms with Gasteiger partial charge in [-0.05, 0) is 19.1 Å². The predicted octanol–water partition coefficient (Wildman–Crippen LogP) is 3.23. The van der Waals surface area contributed by atoms with Gasteiger partial charge in [-0.25, -0.2) is 0 Å². The maximum Gasteiger partial charge on any atom is 0.418 e. The molecule has 27 heavy (non-hydrogen) atoms. The molecule has 1 unspecified atom stereocenters. The summed E-state index contributed by atoms with van der Waals surface area (Å²) in [7, 11) is 0. The van der Waals surface area contributed by atoms with Crippen molar-refractivity contribution in [1.82, 2.24) is 4.90 Å². The van der Waals surface area contributed by atoms with Gasteiger partial charge >= 0.3 is 18.3 Å². The minimum absolute atomic E-state index is 0.525. The maximum absolute atomic E-state index is 13.0. The Hall–Kier alpha value is -2.30. The van der Waals surface area contributed by atoms with E-state index in [2.05, 4.69) is 5.32 Å². The molecule has 1 aromatic rings. The van der Waals surface area contributed by atoms with Crippen LogP contribution < -0.4 is 5.32 Å². The number of alkyl halides is 6. The van der Waals surface area contributed by atoms with E-state index in [0.717, 1.165) is 23.1 Å². The lowest BCUT2D eigenvalue weighted by Gasteiger charge is -2.24. The van der Waals surface area contributed by atoms with Crippen molar-refractivity contribution in [2.24, 2.45) is 11.8 Å². The molecule has 1 aliphatic heterocycles. The summed E-state index contributed by atoms with van der Waals surface area (Å²) in [4.78, 5) is 24.4. The smallest absolute Gasteiger partial charge is 0.418 e. The molecule has 0 radical (unpaired) electrons. The lowest BCUT2D eigenvalue weighted by atomic mass is 9.96. The molecule has 0 bridgehead atoms. The van der Waals surface area contributed by atoms with Crippen LogP contribution in [-0.2, 0) is 15.8 Å². The lowest BCUT2D eigenvalue weighted by molar-refractivity contribution is -0.188. The monoisotopic (exact) mass is 398 g/mol. The van der Waals surface area contributed by atoms with Crippen LogP contribution in [0.15, 0.2) is 24.3 Å². The van der Waals surface area contributed by atoms with E-state index >= 15 is 0 Å². The van der Waals surface area contributed by atoms with Crippen LogP contribution in [0.3, 0.4) is 0 Å². The molecule has 1 aliphatic rings. The van der Waals surface area contributed by atoms with Gasteiger partial charge in [0.15, 0.2) is 0 Å². The number of rotatable bonds is 4. The Labute approximate surface area is 149 Å². The molecular formula is C16H16F6N2O3. The average molecular weight is 398 g/mol. The van der Waals surface area contributed by atoms with E-state index in [-0.39, 0.29) is 0 Å². The summed E-state index contributed by atoms with van der Waals surface area (Å²) < 4.78 is 78.0. The van der Waals surface area contributed by atoms with Gasteiger partial charge in [-0.2, -0.15) is 26.3 Å². The number of carboxylic acid groups (broad SMARTS) is 1. The zero-order valence-corrected chi connectivity index (χ0v) is 13.9. The second-order valence-electron chi connectivity index (χ2n) is 6.26. The molecule has 2 N–H and O–H groups in total. The van der Waals surface area contributed by atoms with Gasteiger partial charge < -0.3 is 10.4 Å². The van der Waals surface area contributed by atoms with E-state index in [1.165, 1.54) is 13.0 Å². The van der Waals surface area contributed by atoms with Crippen molar-refractivity contribution < 1.29 is 41.0 Å². The van der Waals surface area contributed by atoms with E-state index in [9.17, 15) is 35.9 Å². The number of nitrogens with one attached hydrogen (secondary N) is 1. The number of anilines is 1. The number of aliphatic carboxylic acids is 1. The Bertz CT molecular complexity index is 719. The van der Waals surface area contributed by atoms with Crippen LogP contribution in [0.25, 0.3) is 0 Å². The molecule has 150 valence electrons. The largest absolute Gasteiger partial charge is 0.481 e. The van der Waals surface area contributed by atoms with Gasteiger partial charge in [0.05, 0.1) is 29.1 Å². The van der Waals surface area contributed by atoms with Crippen LogP contribution in [0, 0.1) is 11.8 Å². The zero-order valence-electron chi connectivity index (χ0n) is 13.9. The Morgan fingerprint density at radius 3 is 2.22 bits per heavy atom. The number of carbonyl (C=O) groups excluding carboxylic acids is 1. The quantitative estimate of drug-likeness (QED) is 0.765. The van der Waals surface area contributed by atoms with Crippen molar-refractivity contribution >= 4 is 17.6 Å². The Morgan fingerprint density at radius 1 is 1.15 bits per heavy atom. The van der Waals surface area contributed by atoms with Crippen molar-refractivity contribution in [2.45, 2.75) is 25.3 Å². The highest BCUT2D eigenvalue weighted by Gasteiger charge is 2.53. The van der Waals surface area contributed by atoms with Gasteiger partial charge in [0.25, 0.3) is 0 Å². The number of hydrogen-bond acceptors (Lipinski definition) is 3. The highest BCUT2D eigenvalue weighted by Crippen LogP contribution is 2.39. The fraction of sp³-hybridized carbons (Fsp3) is 0.500. The van der Waals surface area contributed by atoms with Crippen molar-refractivity contribution in [3.8, 4) is 0 Å². The molecule has 3 atom stereocenters. The molecule has 0 saturated carbocycles. The van der Waals surface area contributed by atoms with Crippen molar-refractivity contribution in [1.29, 1.82) is 0 Å². The van der Waals surface area contributed by atoms with Gasteiger partial charge in [-0.3, -0.25) is 14.5 Å². The van der Waals surface area contributed by atoms with Gasteiger partial charge in [0.2, 0.25) is 5.91 Å². The van der Waals surface area contributed by atoms with Gasteiger partial charge in [-0.1, -0.05) is 12.1 Å². The molecule has 1 saturated heterocycles. The van der Waals surface area contributed by atoms with Crippen molar-refractivity contribution in [3.63, 3.8) is 0 Å². The van der Waals surface area contributed by atoms with E-state index < -0.39 is 66.4 Å². The second-order valence-corrected chi connectivity index (χ2v) is 6.26. The first kappa shape index (κ1) is 21.0. The Kier molecular flexibility index (Phi) is 5.74. The Morgan fingerprint density at radius 2 is 1.74 bits per heavy atom. The molecule has 1 heterocycles. The normalized spacial score (nSPS) is 22.5. The number of para-hydroxylation sites is 1. The van der Waals surface area contributed by atoms with Crippen LogP contribution in [-0.4, -0.2) is 47.2 Å². The predicted molar refractivity (Wildman–Crippen MR) is 81.8 cm³/mol. The lowest BCUT2D eigenvalue weighted by Crippen LogP contribution is -2.41. The number of hydrogen-bond donors (Lipinski definition) is 2. The maximum atomic E-state index is 13.0. The highest BCUT2D eigenvalue weighted by molar-refractivity contribution is 5.95. The zero-order chi connectivity index (χ0) is 20.6. The van der Waals surface area contributed by atoms with Crippen LogP contribution in [0.2, 0.25) is 0 Å². The molecule has 1 fully saturated rings. The summed E-state index contributed by atoms with van der Waals surface area (Å²) in [6.45, 7) is -0.0474. The van der Waals surface area contributed by atoms with Crippen LogP contribution in [0.4, 0.5) is 32.0 Å². The number of nitrogens with zero attached hydrogens (tertiary/aromatic N) is 1. The molecule has 0 aliphatic carbocycles. The number of halogens is 6. The first-order valence-electron chi connectivity index (χ1n) is 7.83. The number of likely N-dealkylation sites (tertiary alicyclic amines) is 1. The molecule has 0 spiro atoms. The fourth-order valence-electron chi connectivity index (χ4n) is 2.97. The summed E-state index contributed by atoms with van der Waals surface area (Å²) >= 11 is 0. The summed E-state index contributed by atoms with van der Waals surface area (Å²) in [6, 6.07) is 2.94. The van der Waals surface area contributed by atoms with E-state index in [4.69, 9.17) is 5.11 Å². The minimum Gasteiger partial charge on any atom is -0.481 e. The SMILES string of the molecule is CC(C(=O)Nc1ccccc1C(F)(F)F)N1C[C@@H](C(F)(F)F)[C@H](C(=O)O)C1. The molecular weight excluding hydrogens is 382 g/mol. The number of carbonyl (C=O) groups is 2. The number of amides is 1. The molecule has 2 rings (SSSR count). The van der Waals surface area contributed by atoms with Gasteiger partial charge in [-0.15, -0.1) is 0 Å². The standard InChI is InChI=1S/C16H16F6N2O3/c1-8(24-6-9(14(26)27)11(7-24)16(20,21)22)13(25)23-12-5-3-2-4-10(12)15(17,18)19/h2-5,8-9,11H,6-7H2,1H3,(H,23,25)(H,26,27)/t8?,9-,11-/m1/s1. The molecule has 1 aromatic carbocycles. The number of benzene rings is 1. The minimum atomic E-state index is -4.77. The van der Waals surface area contributed by atoms with E-state index in [0.29, 0.717) is 0 Å². The molecule has 0 aromatic heterocycles.